The maximum absolute atomic E-state index is 5.92. The minimum absolute atomic E-state index is 0.205. The molecule has 2 N–H and O–H groups in total. The number of nitrogens with one attached hydrogen (secondary N) is 2. The van der Waals surface area contributed by atoms with E-state index in [4.69, 9.17) is 11.6 Å². The number of halogens is 1. The minimum Gasteiger partial charge on any atom is -0.354 e. The average molecular weight is 405 g/mol. The molecule has 0 bridgehead atoms. The first-order valence-corrected chi connectivity index (χ1v) is 9.95. The Bertz CT molecular complexity index is 881. The van der Waals surface area contributed by atoms with E-state index >= 15 is 0 Å². The van der Waals surface area contributed by atoms with Crippen LogP contribution in [0.5, 0.6) is 0 Å². The molecule has 10 heteroatoms. The molecule has 27 heavy (non-hydrogen) atoms. The number of rotatable bonds is 8. The Morgan fingerprint density at radius 3 is 2.56 bits per heavy atom. The molecule has 142 valence electrons. The molecule has 0 spiro atoms. The van der Waals surface area contributed by atoms with Crippen LogP contribution >= 0.6 is 23.4 Å². The number of hydrogen-bond donors (Lipinski definition) is 2. The smallest absolute Gasteiger partial charge is 0.258 e. The molecule has 0 aliphatic rings. The summed E-state index contributed by atoms with van der Waals surface area (Å²) in [6.07, 6.45) is 1.61. The molecule has 2 heterocycles. The van der Waals surface area contributed by atoms with Gasteiger partial charge in [-0.05, 0) is 38.5 Å². The first kappa shape index (κ1) is 19.4. The lowest BCUT2D eigenvalue weighted by molar-refractivity contribution is 0.764. The lowest BCUT2D eigenvalue weighted by Crippen LogP contribution is -2.16. The fourth-order valence-corrected chi connectivity index (χ4v) is 3.05. The molecule has 0 atom stereocenters. The van der Waals surface area contributed by atoms with Gasteiger partial charge in [-0.2, -0.15) is 19.6 Å². The SMILES string of the molecule is CCNc1nc(NC(C)C)nc(-n2cnc(SCc3ccc(Cl)cc3)n2)n1. The highest BCUT2D eigenvalue weighted by atomic mass is 35.5. The zero-order valence-electron chi connectivity index (χ0n) is 15.3. The molecule has 0 fully saturated rings. The summed E-state index contributed by atoms with van der Waals surface area (Å²) in [4.78, 5) is 17.5. The molecule has 0 radical (unpaired) electrons. The van der Waals surface area contributed by atoms with Crippen LogP contribution in [0.1, 0.15) is 26.3 Å². The molecule has 3 aromatic rings. The van der Waals surface area contributed by atoms with Crippen molar-refractivity contribution in [3.63, 3.8) is 0 Å². The third-order valence-corrected chi connectivity index (χ3v) is 4.51. The van der Waals surface area contributed by atoms with Gasteiger partial charge in [0.15, 0.2) is 0 Å². The molecule has 2 aromatic heterocycles. The number of nitrogens with zero attached hydrogens (tertiary/aromatic N) is 6. The molecule has 1 aromatic carbocycles. The first-order chi connectivity index (χ1) is 13.0. The summed E-state index contributed by atoms with van der Waals surface area (Å²) in [5.41, 5.74) is 1.15. The summed E-state index contributed by atoms with van der Waals surface area (Å²) in [6, 6.07) is 7.94. The van der Waals surface area contributed by atoms with Crippen LogP contribution in [0.4, 0.5) is 11.9 Å². The summed E-state index contributed by atoms with van der Waals surface area (Å²) in [7, 11) is 0. The van der Waals surface area contributed by atoms with Gasteiger partial charge >= 0.3 is 0 Å². The van der Waals surface area contributed by atoms with Gasteiger partial charge < -0.3 is 10.6 Å². The predicted octanol–water partition coefficient (Wildman–Crippen LogP) is 3.65. The van der Waals surface area contributed by atoms with Crippen molar-refractivity contribution in [2.24, 2.45) is 0 Å². The van der Waals surface area contributed by atoms with Crippen LogP contribution < -0.4 is 10.6 Å². The van der Waals surface area contributed by atoms with Crippen molar-refractivity contribution in [3.05, 3.63) is 41.2 Å². The largest absolute Gasteiger partial charge is 0.354 e. The van der Waals surface area contributed by atoms with Crippen LogP contribution in [0.2, 0.25) is 5.02 Å². The van der Waals surface area contributed by atoms with Gasteiger partial charge in [0.2, 0.25) is 17.1 Å². The fraction of sp³-hybridized carbons (Fsp3) is 0.353. The Labute approximate surface area is 167 Å². The summed E-state index contributed by atoms with van der Waals surface area (Å²) in [5, 5.41) is 12.1. The van der Waals surface area contributed by atoms with Gasteiger partial charge in [-0.25, -0.2) is 4.98 Å². The molecular weight excluding hydrogens is 384 g/mol. The molecule has 3 rings (SSSR count). The van der Waals surface area contributed by atoms with E-state index in [2.05, 4.69) is 35.7 Å². The van der Waals surface area contributed by atoms with Crippen LogP contribution in [0.25, 0.3) is 5.95 Å². The minimum atomic E-state index is 0.205. The molecule has 0 aliphatic carbocycles. The van der Waals surface area contributed by atoms with Crippen LogP contribution in [0, 0.1) is 0 Å². The van der Waals surface area contributed by atoms with Crippen LogP contribution in [-0.4, -0.2) is 42.3 Å². The van der Waals surface area contributed by atoms with Crippen LogP contribution in [0.15, 0.2) is 35.7 Å². The zero-order chi connectivity index (χ0) is 19.2. The fourth-order valence-electron chi connectivity index (χ4n) is 2.17. The van der Waals surface area contributed by atoms with Crippen molar-refractivity contribution < 1.29 is 0 Å². The molecule has 0 aliphatic heterocycles. The Morgan fingerprint density at radius 1 is 1.11 bits per heavy atom. The van der Waals surface area contributed by atoms with E-state index in [0.717, 1.165) is 16.3 Å². The van der Waals surface area contributed by atoms with Gasteiger partial charge in [0.1, 0.15) is 6.33 Å². The number of anilines is 2. The number of thioether (sulfide) groups is 1. The monoisotopic (exact) mass is 404 g/mol. The van der Waals surface area contributed by atoms with Crippen LogP contribution in [-0.2, 0) is 5.75 Å². The van der Waals surface area contributed by atoms with E-state index in [1.165, 1.54) is 11.8 Å². The van der Waals surface area contributed by atoms with Gasteiger partial charge in [-0.3, -0.25) is 0 Å². The highest BCUT2D eigenvalue weighted by Crippen LogP contribution is 2.21. The number of hydrogen-bond acceptors (Lipinski definition) is 8. The third kappa shape index (κ3) is 5.54. The second kappa shape index (κ2) is 9.01. The first-order valence-electron chi connectivity index (χ1n) is 8.59. The number of benzene rings is 1. The molecule has 0 unspecified atom stereocenters. The lowest BCUT2D eigenvalue weighted by atomic mass is 10.2. The van der Waals surface area contributed by atoms with Gasteiger partial charge in [0.25, 0.3) is 5.95 Å². The Kier molecular flexibility index (Phi) is 6.46. The van der Waals surface area contributed by atoms with E-state index < -0.39 is 0 Å². The highest BCUT2D eigenvalue weighted by molar-refractivity contribution is 7.98. The van der Waals surface area contributed by atoms with Gasteiger partial charge in [0.05, 0.1) is 0 Å². The lowest BCUT2D eigenvalue weighted by Gasteiger charge is -2.11. The van der Waals surface area contributed by atoms with E-state index in [9.17, 15) is 0 Å². The van der Waals surface area contributed by atoms with Crippen molar-refractivity contribution in [1.82, 2.24) is 29.7 Å². The molecule has 0 saturated heterocycles. The second-order valence-corrected chi connectivity index (χ2v) is 7.38. The quantitative estimate of drug-likeness (QED) is 0.549. The predicted molar refractivity (Wildman–Crippen MR) is 109 cm³/mol. The Morgan fingerprint density at radius 2 is 1.85 bits per heavy atom. The van der Waals surface area contributed by atoms with Crippen molar-refractivity contribution in [2.45, 2.75) is 37.7 Å². The summed E-state index contributed by atoms with van der Waals surface area (Å²) in [5.74, 6) is 2.16. The van der Waals surface area contributed by atoms with E-state index in [-0.39, 0.29) is 6.04 Å². The Balaban J connectivity index is 1.76. The maximum Gasteiger partial charge on any atom is 0.258 e. The van der Waals surface area contributed by atoms with Crippen molar-refractivity contribution in [3.8, 4) is 5.95 Å². The summed E-state index contributed by atoms with van der Waals surface area (Å²) in [6.45, 7) is 6.75. The normalized spacial score (nSPS) is 11.0. The van der Waals surface area contributed by atoms with Crippen LogP contribution in [0.3, 0.4) is 0 Å². The number of aromatic nitrogens is 6. The third-order valence-electron chi connectivity index (χ3n) is 3.33. The van der Waals surface area contributed by atoms with Crippen molar-refractivity contribution in [2.75, 3.05) is 17.2 Å². The Hall–Kier alpha value is -2.39. The average Bonchev–Trinajstić information content (AvgIpc) is 3.10. The highest BCUT2D eigenvalue weighted by Gasteiger charge is 2.11. The van der Waals surface area contributed by atoms with Gasteiger partial charge in [-0.15, -0.1) is 5.10 Å². The molecule has 0 amide bonds. The second-order valence-electron chi connectivity index (χ2n) is 6.00. The summed E-state index contributed by atoms with van der Waals surface area (Å²) >= 11 is 7.45. The standard InChI is InChI=1S/C17H21ClN8S/c1-4-19-14-22-15(21-11(2)3)24-16(23-14)26-10-20-17(25-26)27-9-12-5-7-13(18)8-6-12/h5-8,10-11H,4,9H2,1-3H3,(H2,19,21,22,23,24). The van der Waals surface area contributed by atoms with Crippen molar-refractivity contribution in [1.29, 1.82) is 0 Å². The topological polar surface area (TPSA) is 93.4 Å². The summed E-state index contributed by atoms with van der Waals surface area (Å²) < 4.78 is 1.55. The zero-order valence-corrected chi connectivity index (χ0v) is 16.9. The van der Waals surface area contributed by atoms with E-state index in [1.54, 1.807) is 11.0 Å². The van der Waals surface area contributed by atoms with Gasteiger partial charge in [0, 0.05) is 23.4 Å². The van der Waals surface area contributed by atoms with E-state index in [0.29, 0.717) is 29.5 Å². The van der Waals surface area contributed by atoms with Crippen molar-refractivity contribution >= 4 is 35.3 Å². The van der Waals surface area contributed by atoms with Gasteiger partial charge in [-0.1, -0.05) is 35.5 Å². The molecular formula is C17H21ClN8S. The maximum atomic E-state index is 5.92. The molecule has 0 saturated carbocycles. The van der Waals surface area contributed by atoms with E-state index in [1.807, 2.05) is 45.0 Å². The molecule has 8 nitrogen and oxygen atoms in total.